The molecule has 0 bridgehead atoms. The minimum absolute atomic E-state index is 0.674. The smallest absolute Gasteiger partial charge is 0.119 e. The van der Waals surface area contributed by atoms with E-state index in [1.54, 1.807) is 0 Å². The number of nitrogens with one attached hydrogen (secondary N) is 1. The lowest BCUT2D eigenvalue weighted by atomic mass is 10.2. The third-order valence-electron chi connectivity index (χ3n) is 2.76. The van der Waals surface area contributed by atoms with Gasteiger partial charge < -0.3 is 10.1 Å². The summed E-state index contributed by atoms with van der Waals surface area (Å²) in [6.45, 7) is 11.6. The highest BCUT2D eigenvalue weighted by Gasteiger charge is 2.01. The van der Waals surface area contributed by atoms with Crippen LogP contribution in [0, 0.1) is 0 Å². The van der Waals surface area contributed by atoms with Crippen molar-refractivity contribution in [3.05, 3.63) is 55.1 Å². The van der Waals surface area contributed by atoms with Gasteiger partial charge in [0.1, 0.15) is 12.4 Å². The lowest BCUT2D eigenvalue weighted by Gasteiger charge is -2.18. The van der Waals surface area contributed by atoms with Gasteiger partial charge in [0, 0.05) is 26.2 Å². The van der Waals surface area contributed by atoms with Crippen molar-refractivity contribution in [2.75, 3.05) is 33.3 Å². The summed E-state index contributed by atoms with van der Waals surface area (Å²) in [6.07, 6.45) is 3.80. The maximum absolute atomic E-state index is 5.73. The van der Waals surface area contributed by atoms with E-state index in [0.29, 0.717) is 6.61 Å². The van der Waals surface area contributed by atoms with Gasteiger partial charge >= 0.3 is 0 Å². The minimum atomic E-state index is 0.674. The van der Waals surface area contributed by atoms with E-state index >= 15 is 0 Å². The highest BCUT2D eigenvalue weighted by molar-refractivity contribution is 5.27. The molecule has 0 unspecified atom stereocenters. The Morgan fingerprint density at radius 1 is 1.16 bits per heavy atom. The molecule has 1 N–H and O–H groups in total. The molecule has 0 aromatic heterocycles. The molecule has 0 aliphatic rings. The Labute approximate surface area is 116 Å². The molecule has 0 aliphatic carbocycles. The van der Waals surface area contributed by atoms with E-state index in [-0.39, 0.29) is 0 Å². The van der Waals surface area contributed by atoms with Gasteiger partial charge in [-0.05, 0) is 24.7 Å². The van der Waals surface area contributed by atoms with Crippen LogP contribution in [0.4, 0.5) is 0 Å². The SMILES string of the molecule is C=CCN(CC=C)CCOc1ccc(CNC)cc1. The van der Waals surface area contributed by atoms with E-state index in [4.69, 9.17) is 4.74 Å². The van der Waals surface area contributed by atoms with Crippen molar-refractivity contribution < 1.29 is 4.74 Å². The number of rotatable bonds is 10. The first-order valence-electron chi connectivity index (χ1n) is 6.60. The molecule has 0 saturated heterocycles. The van der Waals surface area contributed by atoms with Gasteiger partial charge in [-0.2, -0.15) is 0 Å². The number of nitrogens with zero attached hydrogens (tertiary/aromatic N) is 1. The molecule has 0 spiro atoms. The largest absolute Gasteiger partial charge is 0.492 e. The molecule has 0 amide bonds. The van der Waals surface area contributed by atoms with Crippen molar-refractivity contribution in [2.45, 2.75) is 6.54 Å². The van der Waals surface area contributed by atoms with Gasteiger partial charge in [0.05, 0.1) is 0 Å². The Bertz CT molecular complexity index is 363. The Kier molecular flexibility index (Phi) is 7.63. The van der Waals surface area contributed by atoms with Gasteiger partial charge in [0.25, 0.3) is 0 Å². The fourth-order valence-electron chi connectivity index (χ4n) is 1.82. The van der Waals surface area contributed by atoms with Gasteiger partial charge in [-0.15, -0.1) is 13.2 Å². The topological polar surface area (TPSA) is 24.5 Å². The van der Waals surface area contributed by atoms with Crippen molar-refractivity contribution in [1.82, 2.24) is 10.2 Å². The first-order valence-corrected chi connectivity index (χ1v) is 6.60. The molecular weight excluding hydrogens is 236 g/mol. The van der Waals surface area contributed by atoms with Gasteiger partial charge in [0.2, 0.25) is 0 Å². The van der Waals surface area contributed by atoms with Crippen LogP contribution in [0.25, 0.3) is 0 Å². The van der Waals surface area contributed by atoms with Crippen LogP contribution in [0.15, 0.2) is 49.6 Å². The molecule has 0 heterocycles. The molecule has 3 heteroatoms. The average molecular weight is 260 g/mol. The third-order valence-corrected chi connectivity index (χ3v) is 2.76. The van der Waals surface area contributed by atoms with Gasteiger partial charge in [-0.3, -0.25) is 4.90 Å². The standard InChI is InChI=1S/C16H24N2O/c1-4-10-18(11-5-2)12-13-19-16-8-6-15(7-9-16)14-17-3/h4-9,17H,1-2,10-14H2,3H3. The van der Waals surface area contributed by atoms with Gasteiger partial charge in [-0.1, -0.05) is 24.3 Å². The van der Waals surface area contributed by atoms with Crippen molar-refractivity contribution in [2.24, 2.45) is 0 Å². The molecule has 3 nitrogen and oxygen atoms in total. The summed E-state index contributed by atoms with van der Waals surface area (Å²) >= 11 is 0. The number of hydrogen-bond donors (Lipinski definition) is 1. The lowest BCUT2D eigenvalue weighted by molar-refractivity contribution is 0.236. The normalized spacial score (nSPS) is 10.4. The second-order valence-electron chi connectivity index (χ2n) is 4.36. The van der Waals surface area contributed by atoms with Crippen molar-refractivity contribution in [3.63, 3.8) is 0 Å². The fraction of sp³-hybridized carbons (Fsp3) is 0.375. The molecule has 104 valence electrons. The van der Waals surface area contributed by atoms with Crippen LogP contribution >= 0.6 is 0 Å². The second kappa shape index (κ2) is 9.36. The van der Waals surface area contributed by atoms with E-state index < -0.39 is 0 Å². The van der Waals surface area contributed by atoms with Crippen LogP contribution in [0.3, 0.4) is 0 Å². The first kappa shape index (κ1) is 15.5. The zero-order chi connectivity index (χ0) is 13.9. The Hall–Kier alpha value is -1.58. The molecule has 1 rings (SSSR count). The molecule has 19 heavy (non-hydrogen) atoms. The van der Waals surface area contributed by atoms with Crippen LogP contribution in [0.5, 0.6) is 5.75 Å². The Morgan fingerprint density at radius 2 is 1.79 bits per heavy atom. The van der Waals surface area contributed by atoms with E-state index in [1.807, 2.05) is 31.3 Å². The zero-order valence-electron chi connectivity index (χ0n) is 11.8. The van der Waals surface area contributed by atoms with E-state index in [9.17, 15) is 0 Å². The van der Waals surface area contributed by atoms with Crippen LogP contribution in [0.2, 0.25) is 0 Å². The van der Waals surface area contributed by atoms with E-state index in [0.717, 1.165) is 31.9 Å². The predicted molar refractivity (Wildman–Crippen MR) is 81.5 cm³/mol. The van der Waals surface area contributed by atoms with Crippen LogP contribution < -0.4 is 10.1 Å². The summed E-state index contributed by atoms with van der Waals surface area (Å²) in [7, 11) is 1.94. The molecule has 0 aliphatic heterocycles. The Morgan fingerprint density at radius 3 is 2.32 bits per heavy atom. The summed E-state index contributed by atoms with van der Waals surface area (Å²) in [5, 5.41) is 3.12. The van der Waals surface area contributed by atoms with E-state index in [1.165, 1.54) is 5.56 Å². The Balaban J connectivity index is 2.34. The third kappa shape index (κ3) is 6.22. The zero-order valence-corrected chi connectivity index (χ0v) is 11.8. The minimum Gasteiger partial charge on any atom is -0.492 e. The number of ether oxygens (including phenoxy) is 1. The summed E-state index contributed by atoms with van der Waals surface area (Å²) in [5.41, 5.74) is 1.26. The van der Waals surface area contributed by atoms with Gasteiger partial charge in [-0.25, -0.2) is 0 Å². The lowest BCUT2D eigenvalue weighted by Crippen LogP contribution is -2.28. The molecule has 0 saturated carbocycles. The predicted octanol–water partition coefficient (Wildman–Crippen LogP) is 2.46. The molecule has 1 aromatic carbocycles. The number of hydrogen-bond acceptors (Lipinski definition) is 3. The molecule has 0 fully saturated rings. The quantitative estimate of drug-likeness (QED) is 0.654. The summed E-state index contributed by atoms with van der Waals surface area (Å²) in [5.74, 6) is 0.914. The summed E-state index contributed by atoms with van der Waals surface area (Å²) in [4.78, 5) is 2.23. The highest BCUT2D eigenvalue weighted by atomic mass is 16.5. The van der Waals surface area contributed by atoms with Crippen molar-refractivity contribution in [1.29, 1.82) is 0 Å². The van der Waals surface area contributed by atoms with Gasteiger partial charge in [0.15, 0.2) is 0 Å². The second-order valence-corrected chi connectivity index (χ2v) is 4.36. The van der Waals surface area contributed by atoms with Crippen LogP contribution in [0.1, 0.15) is 5.56 Å². The van der Waals surface area contributed by atoms with E-state index in [2.05, 4.69) is 35.5 Å². The average Bonchev–Trinajstić information content (AvgIpc) is 2.41. The van der Waals surface area contributed by atoms with Crippen molar-refractivity contribution in [3.8, 4) is 5.75 Å². The molecular formula is C16H24N2O. The first-order chi connectivity index (χ1) is 9.30. The summed E-state index contributed by atoms with van der Waals surface area (Å²) in [6, 6.07) is 8.18. The number of benzene rings is 1. The monoisotopic (exact) mass is 260 g/mol. The highest BCUT2D eigenvalue weighted by Crippen LogP contribution is 2.12. The summed E-state index contributed by atoms with van der Waals surface area (Å²) < 4.78 is 5.73. The van der Waals surface area contributed by atoms with Crippen LogP contribution in [-0.4, -0.2) is 38.2 Å². The maximum atomic E-state index is 5.73. The molecule has 1 aromatic rings. The molecule has 0 atom stereocenters. The molecule has 0 radical (unpaired) electrons. The maximum Gasteiger partial charge on any atom is 0.119 e. The fourth-order valence-corrected chi connectivity index (χ4v) is 1.82. The van der Waals surface area contributed by atoms with Crippen LogP contribution in [-0.2, 0) is 6.54 Å². The van der Waals surface area contributed by atoms with Crippen molar-refractivity contribution >= 4 is 0 Å².